The van der Waals surface area contributed by atoms with Crippen LogP contribution in [0.4, 0.5) is 17.1 Å². The summed E-state index contributed by atoms with van der Waals surface area (Å²) in [5, 5.41) is 34.7. The molecule has 48 heavy (non-hydrogen) atoms. The van der Waals surface area contributed by atoms with E-state index in [4.69, 9.17) is 9.99 Å². The topological polar surface area (TPSA) is 176 Å². The molecule has 0 radical (unpaired) electrons. The van der Waals surface area contributed by atoms with Crippen LogP contribution in [0.15, 0.2) is 130 Å². The van der Waals surface area contributed by atoms with Gasteiger partial charge in [-0.1, -0.05) is 67.4 Å². The summed E-state index contributed by atoms with van der Waals surface area (Å²) in [5.74, 6) is -0.486. The third-order valence-electron chi connectivity index (χ3n) is 7.31. The second-order valence-corrected chi connectivity index (χ2v) is 13.0. The maximum atomic E-state index is 13.1. The third kappa shape index (κ3) is 7.71. The molecule has 0 saturated carbocycles. The van der Waals surface area contributed by atoms with Crippen LogP contribution >= 0.6 is 12.0 Å². The molecule has 14 heteroatoms. The van der Waals surface area contributed by atoms with E-state index >= 15 is 0 Å². The molecule has 0 bridgehead atoms. The number of nitrogens with one attached hydrogen (secondary N) is 1. The van der Waals surface area contributed by atoms with Crippen molar-refractivity contribution in [3.8, 4) is 17.2 Å². The number of azo groups is 1. The van der Waals surface area contributed by atoms with Gasteiger partial charge in [-0.25, -0.2) is 5.26 Å². The molecule has 0 aromatic heterocycles. The molecule has 0 atom stereocenters. The molecule has 1 amide bonds. The number of aromatic hydroxyl groups is 1. The number of phenols is 1. The number of benzene rings is 5. The minimum atomic E-state index is -4.98. The van der Waals surface area contributed by atoms with Gasteiger partial charge in [0, 0.05) is 21.3 Å². The Bertz CT molecular complexity index is 2120. The first-order chi connectivity index (χ1) is 22.9. The summed E-state index contributed by atoms with van der Waals surface area (Å²) in [6.45, 7) is 7.95. The van der Waals surface area contributed by atoms with Crippen LogP contribution in [-0.4, -0.2) is 29.2 Å². The van der Waals surface area contributed by atoms with Gasteiger partial charge in [-0.05, 0) is 65.5 Å². The van der Waals surface area contributed by atoms with E-state index in [1.165, 1.54) is 12.1 Å². The van der Waals surface area contributed by atoms with Crippen molar-refractivity contribution >= 4 is 55.9 Å². The molecular weight excluding hydrogens is 659 g/mol. The molecular formula is C34H29N3O9S2. The Morgan fingerprint density at radius 2 is 1.65 bits per heavy atom. The van der Waals surface area contributed by atoms with Gasteiger partial charge in [0.05, 0.1) is 17.7 Å². The number of ether oxygens (including phenoxy) is 1. The zero-order chi connectivity index (χ0) is 34.5. The first kappa shape index (κ1) is 34.3. The predicted molar refractivity (Wildman–Crippen MR) is 181 cm³/mol. The Kier molecular flexibility index (Phi) is 10.2. The van der Waals surface area contributed by atoms with Gasteiger partial charge >= 0.3 is 0 Å². The van der Waals surface area contributed by atoms with Gasteiger partial charge in [-0.2, -0.15) is 8.42 Å². The van der Waals surface area contributed by atoms with Crippen molar-refractivity contribution in [3.63, 3.8) is 0 Å². The molecule has 5 aromatic rings. The molecule has 0 aliphatic heterocycles. The zero-order valence-electron chi connectivity index (χ0n) is 25.5. The number of allylic oxidation sites excluding steroid dienone is 1. The maximum absolute atomic E-state index is 13.1. The monoisotopic (exact) mass is 687 g/mol. The van der Waals surface area contributed by atoms with Crippen LogP contribution < -0.4 is 10.1 Å². The lowest BCUT2D eigenvalue weighted by Gasteiger charge is -2.20. The number of hydrogen-bond donors (Lipinski definition) is 4. The Morgan fingerprint density at radius 3 is 2.31 bits per heavy atom. The number of amides is 1. The minimum absolute atomic E-state index is 0.0213. The van der Waals surface area contributed by atoms with Crippen molar-refractivity contribution in [3.05, 3.63) is 121 Å². The fraction of sp³-hybridized carbons (Fsp3) is 0.0882. The standard InChI is InChI=1S/C34H29N3O9S2/c1-4-34(2,3)23-14-16-24(17-15-23)44-28-13-9-8-12-26(28)36-37-31-29(48(41,42)43)19-22-18-25(47-46-45-40)20-27(30(22)32(31)38)35-33(39)21-10-6-5-7-11-21/h4-20,38,40H,1H2,2-3H3,(H,35,39)(H,41,42,43). The number of para-hydroxylation sites is 1. The molecule has 12 nitrogen and oxygen atoms in total. The lowest BCUT2D eigenvalue weighted by atomic mass is 9.85. The van der Waals surface area contributed by atoms with Crippen LogP contribution in [0.2, 0.25) is 0 Å². The van der Waals surface area contributed by atoms with Crippen molar-refractivity contribution in [2.75, 3.05) is 5.32 Å². The lowest BCUT2D eigenvalue weighted by Crippen LogP contribution is -2.12. The molecule has 0 aliphatic rings. The summed E-state index contributed by atoms with van der Waals surface area (Å²) in [7, 11) is -4.98. The minimum Gasteiger partial charge on any atom is -0.505 e. The number of rotatable bonds is 12. The van der Waals surface area contributed by atoms with Crippen LogP contribution in [0.25, 0.3) is 10.8 Å². The van der Waals surface area contributed by atoms with Gasteiger partial charge in [0.25, 0.3) is 16.0 Å². The van der Waals surface area contributed by atoms with Crippen molar-refractivity contribution in [2.45, 2.75) is 29.1 Å². The van der Waals surface area contributed by atoms with Crippen molar-refractivity contribution in [2.24, 2.45) is 10.2 Å². The molecule has 4 N–H and O–H groups in total. The average molecular weight is 688 g/mol. The summed E-state index contributed by atoms with van der Waals surface area (Å²) >= 11 is 0.531. The van der Waals surface area contributed by atoms with E-state index in [9.17, 15) is 22.9 Å². The molecule has 0 saturated heterocycles. The normalized spacial score (nSPS) is 11.9. The quantitative estimate of drug-likeness (QED) is 0.0247. The van der Waals surface area contributed by atoms with E-state index < -0.39 is 32.4 Å². The van der Waals surface area contributed by atoms with Gasteiger partial charge in [0.2, 0.25) is 0 Å². The van der Waals surface area contributed by atoms with Gasteiger partial charge in [0.15, 0.2) is 11.5 Å². The summed E-state index contributed by atoms with van der Waals surface area (Å²) in [6.07, 6.45) is 1.85. The smallest absolute Gasteiger partial charge is 0.296 e. The van der Waals surface area contributed by atoms with Gasteiger partial charge in [0.1, 0.15) is 22.0 Å². The highest BCUT2D eigenvalue weighted by Gasteiger charge is 2.25. The van der Waals surface area contributed by atoms with E-state index in [2.05, 4.69) is 31.5 Å². The number of hydrogen-bond acceptors (Lipinski definition) is 11. The molecule has 0 heterocycles. The van der Waals surface area contributed by atoms with Gasteiger partial charge in [-0.15, -0.1) is 21.1 Å². The van der Waals surface area contributed by atoms with Crippen LogP contribution in [0.1, 0.15) is 29.8 Å². The van der Waals surface area contributed by atoms with Crippen LogP contribution in [0.5, 0.6) is 17.2 Å². The third-order valence-corrected chi connectivity index (χ3v) is 8.73. The zero-order valence-corrected chi connectivity index (χ0v) is 27.2. The second-order valence-electron chi connectivity index (χ2n) is 10.9. The Labute approximate surface area is 280 Å². The highest BCUT2D eigenvalue weighted by Crippen LogP contribution is 2.46. The Balaban J connectivity index is 1.59. The summed E-state index contributed by atoms with van der Waals surface area (Å²) in [4.78, 5) is 12.6. The highest BCUT2D eigenvalue weighted by molar-refractivity contribution is 7.94. The van der Waals surface area contributed by atoms with E-state index in [0.29, 0.717) is 23.4 Å². The molecule has 0 aliphatic carbocycles. The number of phenolic OH excluding ortho intramolecular Hbond substituents is 1. The molecule has 5 rings (SSSR count). The maximum Gasteiger partial charge on any atom is 0.296 e. The second kappa shape index (κ2) is 14.4. The van der Waals surface area contributed by atoms with E-state index in [0.717, 1.165) is 11.6 Å². The van der Waals surface area contributed by atoms with E-state index in [-0.39, 0.29) is 38.2 Å². The number of carbonyl (C=O) groups excluding carboxylic acids is 1. The molecule has 246 valence electrons. The Morgan fingerprint density at radius 1 is 0.958 bits per heavy atom. The van der Waals surface area contributed by atoms with Crippen molar-refractivity contribution in [1.29, 1.82) is 0 Å². The summed E-state index contributed by atoms with van der Waals surface area (Å²) in [5.41, 5.74) is 0.683. The summed E-state index contributed by atoms with van der Waals surface area (Å²) in [6, 6.07) is 26.0. The SMILES string of the molecule is C=CC(C)(C)c1ccc(Oc2ccccc2N=Nc2c(S(=O)(=O)O)cc3cc(SOOO)cc(NC(=O)c4ccccc4)c3c2O)cc1. The highest BCUT2D eigenvalue weighted by atomic mass is 32.2. The number of fused-ring (bicyclic) bond motifs is 1. The molecule has 0 fully saturated rings. The first-order valence-electron chi connectivity index (χ1n) is 14.2. The first-order valence-corrected chi connectivity index (χ1v) is 16.3. The van der Waals surface area contributed by atoms with Crippen molar-refractivity contribution < 1.29 is 42.2 Å². The number of carbonyl (C=O) groups is 1. The van der Waals surface area contributed by atoms with Gasteiger partial charge < -0.3 is 15.2 Å². The number of anilines is 1. The lowest BCUT2D eigenvalue weighted by molar-refractivity contribution is -0.432. The largest absolute Gasteiger partial charge is 0.505 e. The van der Waals surface area contributed by atoms with Crippen LogP contribution in [0.3, 0.4) is 0 Å². The fourth-order valence-electron chi connectivity index (χ4n) is 4.67. The molecule has 5 aromatic carbocycles. The van der Waals surface area contributed by atoms with Crippen molar-refractivity contribution in [1.82, 2.24) is 0 Å². The summed E-state index contributed by atoms with van der Waals surface area (Å²) < 4.78 is 45.8. The molecule has 0 unspecified atom stereocenters. The van der Waals surface area contributed by atoms with E-state index in [1.807, 2.05) is 32.1 Å². The average Bonchev–Trinajstić information content (AvgIpc) is 3.07. The number of nitrogens with zero attached hydrogens (tertiary/aromatic N) is 2. The van der Waals surface area contributed by atoms with E-state index in [1.54, 1.807) is 66.7 Å². The van der Waals surface area contributed by atoms with Crippen LogP contribution in [0, 0.1) is 0 Å². The predicted octanol–water partition coefficient (Wildman–Crippen LogP) is 9.14. The molecule has 0 spiro atoms. The van der Waals surface area contributed by atoms with Gasteiger partial charge in [-0.3, -0.25) is 9.35 Å². The fourth-order valence-corrected chi connectivity index (χ4v) is 5.77. The van der Waals surface area contributed by atoms with Crippen LogP contribution in [-0.2, 0) is 24.9 Å². The Hall–Kier alpha value is -5.09.